The van der Waals surface area contributed by atoms with Gasteiger partial charge in [0.1, 0.15) is 5.82 Å². The van der Waals surface area contributed by atoms with Crippen LogP contribution in [0.25, 0.3) is 0 Å². The second kappa shape index (κ2) is 5.78. The Morgan fingerprint density at radius 2 is 2.20 bits per heavy atom. The summed E-state index contributed by atoms with van der Waals surface area (Å²) in [5.74, 6) is -0.235. The number of hydrogen-bond donors (Lipinski definition) is 1. The molecule has 1 N–H and O–H groups in total. The largest absolute Gasteiger partial charge is 0.308 e. The second-order valence-electron chi connectivity index (χ2n) is 6.35. The average molecular weight is 277 g/mol. The molecular formula is C16H24FN3. The summed E-state index contributed by atoms with van der Waals surface area (Å²) in [6.07, 6.45) is 9.42. The van der Waals surface area contributed by atoms with E-state index in [0.29, 0.717) is 11.6 Å². The van der Waals surface area contributed by atoms with E-state index in [9.17, 15) is 4.39 Å². The summed E-state index contributed by atoms with van der Waals surface area (Å²) >= 11 is 0. The Labute approximate surface area is 120 Å². The van der Waals surface area contributed by atoms with Crippen LogP contribution in [0.1, 0.15) is 44.6 Å². The Bertz CT molecular complexity index is 457. The highest BCUT2D eigenvalue weighted by Gasteiger charge is 2.40. The summed E-state index contributed by atoms with van der Waals surface area (Å²) in [7, 11) is 0. The molecule has 2 aliphatic rings. The molecule has 1 atom stereocenters. The highest BCUT2D eigenvalue weighted by molar-refractivity contribution is 5.11. The van der Waals surface area contributed by atoms with Crippen molar-refractivity contribution in [3.05, 3.63) is 29.8 Å². The van der Waals surface area contributed by atoms with E-state index in [0.717, 1.165) is 31.6 Å². The molecule has 3 rings (SSSR count). The molecule has 2 fully saturated rings. The van der Waals surface area contributed by atoms with E-state index >= 15 is 0 Å². The average Bonchev–Trinajstić information content (AvgIpc) is 2.87. The predicted molar refractivity (Wildman–Crippen MR) is 77.9 cm³/mol. The highest BCUT2D eigenvalue weighted by Crippen LogP contribution is 2.34. The summed E-state index contributed by atoms with van der Waals surface area (Å²) in [5.41, 5.74) is 1.30. The third kappa shape index (κ3) is 2.86. The lowest BCUT2D eigenvalue weighted by molar-refractivity contribution is 0.0716. The molecule has 1 saturated carbocycles. The maximum absolute atomic E-state index is 13.3. The van der Waals surface area contributed by atoms with Crippen molar-refractivity contribution in [2.75, 3.05) is 13.1 Å². The summed E-state index contributed by atoms with van der Waals surface area (Å²) in [6.45, 7) is 5.18. The van der Waals surface area contributed by atoms with Gasteiger partial charge in [-0.2, -0.15) is 0 Å². The molecule has 1 aromatic heterocycles. The number of aromatic nitrogens is 1. The molecule has 110 valence electrons. The standard InChI is InChI=1S/C16H24FN3/c1-2-15-10-19-16(5-3-4-6-16)12-20(15)11-13-7-14(17)9-18-8-13/h7-9,15,19H,2-6,10-12H2,1H3. The van der Waals surface area contributed by atoms with Gasteiger partial charge in [-0.25, -0.2) is 4.39 Å². The lowest BCUT2D eigenvalue weighted by Crippen LogP contribution is -2.62. The fourth-order valence-electron chi connectivity index (χ4n) is 3.79. The van der Waals surface area contributed by atoms with Crippen LogP contribution in [0.15, 0.2) is 18.5 Å². The highest BCUT2D eigenvalue weighted by atomic mass is 19.1. The molecule has 1 spiro atoms. The van der Waals surface area contributed by atoms with E-state index in [1.165, 1.54) is 31.9 Å². The Balaban J connectivity index is 1.74. The van der Waals surface area contributed by atoms with Crippen LogP contribution >= 0.6 is 0 Å². The Morgan fingerprint density at radius 1 is 1.40 bits per heavy atom. The lowest BCUT2D eigenvalue weighted by atomic mass is 9.91. The van der Waals surface area contributed by atoms with Crippen molar-refractivity contribution in [1.82, 2.24) is 15.2 Å². The van der Waals surface area contributed by atoms with Crippen molar-refractivity contribution in [1.29, 1.82) is 0 Å². The molecule has 20 heavy (non-hydrogen) atoms. The number of piperazine rings is 1. The topological polar surface area (TPSA) is 28.2 Å². The van der Waals surface area contributed by atoms with Gasteiger partial charge in [-0.15, -0.1) is 0 Å². The Kier molecular flexibility index (Phi) is 4.03. The van der Waals surface area contributed by atoms with E-state index in [4.69, 9.17) is 0 Å². The van der Waals surface area contributed by atoms with Crippen LogP contribution in [0.3, 0.4) is 0 Å². The van der Waals surface area contributed by atoms with Gasteiger partial charge in [-0.1, -0.05) is 19.8 Å². The predicted octanol–water partition coefficient (Wildman–Crippen LogP) is 2.72. The number of halogens is 1. The first-order valence-electron chi connectivity index (χ1n) is 7.79. The molecule has 1 aliphatic heterocycles. The number of nitrogens with one attached hydrogen (secondary N) is 1. The van der Waals surface area contributed by atoms with Crippen molar-refractivity contribution >= 4 is 0 Å². The van der Waals surface area contributed by atoms with Crippen LogP contribution < -0.4 is 5.32 Å². The molecule has 1 aromatic rings. The maximum Gasteiger partial charge on any atom is 0.141 e. The normalized spacial score (nSPS) is 26.2. The molecule has 1 saturated heterocycles. The number of rotatable bonds is 3. The molecule has 1 unspecified atom stereocenters. The molecule has 4 heteroatoms. The lowest BCUT2D eigenvalue weighted by Gasteiger charge is -2.46. The van der Waals surface area contributed by atoms with Gasteiger partial charge in [0.25, 0.3) is 0 Å². The van der Waals surface area contributed by atoms with E-state index in [1.54, 1.807) is 12.3 Å². The number of pyridine rings is 1. The summed E-state index contributed by atoms with van der Waals surface area (Å²) in [6, 6.07) is 2.16. The summed E-state index contributed by atoms with van der Waals surface area (Å²) in [4.78, 5) is 6.50. The van der Waals surface area contributed by atoms with Crippen LogP contribution in [-0.4, -0.2) is 34.6 Å². The van der Waals surface area contributed by atoms with Crippen LogP contribution in [0.2, 0.25) is 0 Å². The van der Waals surface area contributed by atoms with Gasteiger partial charge in [-0.05, 0) is 30.9 Å². The first kappa shape index (κ1) is 14.0. The molecule has 0 amide bonds. The van der Waals surface area contributed by atoms with Crippen LogP contribution in [0, 0.1) is 5.82 Å². The zero-order valence-corrected chi connectivity index (χ0v) is 12.2. The van der Waals surface area contributed by atoms with E-state index < -0.39 is 0 Å². The van der Waals surface area contributed by atoms with Gasteiger partial charge in [-0.3, -0.25) is 9.88 Å². The smallest absolute Gasteiger partial charge is 0.141 e. The third-order valence-corrected chi connectivity index (χ3v) is 4.91. The minimum Gasteiger partial charge on any atom is -0.308 e. The monoisotopic (exact) mass is 277 g/mol. The molecule has 3 nitrogen and oxygen atoms in total. The molecule has 0 radical (unpaired) electrons. The van der Waals surface area contributed by atoms with E-state index in [1.807, 2.05) is 0 Å². The van der Waals surface area contributed by atoms with Crippen molar-refractivity contribution in [3.63, 3.8) is 0 Å². The minimum absolute atomic E-state index is 0.235. The van der Waals surface area contributed by atoms with E-state index in [2.05, 4.69) is 22.1 Å². The number of nitrogens with zero attached hydrogens (tertiary/aromatic N) is 2. The third-order valence-electron chi connectivity index (χ3n) is 4.91. The van der Waals surface area contributed by atoms with Gasteiger partial charge in [0.05, 0.1) is 6.20 Å². The maximum atomic E-state index is 13.3. The van der Waals surface area contributed by atoms with Gasteiger partial charge in [0.2, 0.25) is 0 Å². The van der Waals surface area contributed by atoms with Crippen LogP contribution in [-0.2, 0) is 6.54 Å². The van der Waals surface area contributed by atoms with Crippen molar-refractivity contribution in [2.24, 2.45) is 0 Å². The van der Waals surface area contributed by atoms with Gasteiger partial charge in [0.15, 0.2) is 0 Å². The Morgan fingerprint density at radius 3 is 2.90 bits per heavy atom. The van der Waals surface area contributed by atoms with Gasteiger partial charge < -0.3 is 5.32 Å². The zero-order chi connectivity index (χ0) is 14.0. The SMILES string of the molecule is CCC1CNC2(CCCC2)CN1Cc1cncc(F)c1. The van der Waals surface area contributed by atoms with Crippen molar-refractivity contribution < 1.29 is 4.39 Å². The molecular weight excluding hydrogens is 253 g/mol. The molecule has 2 heterocycles. The Hall–Kier alpha value is -1.00. The quantitative estimate of drug-likeness (QED) is 0.921. The molecule has 0 aromatic carbocycles. The zero-order valence-electron chi connectivity index (χ0n) is 12.2. The summed E-state index contributed by atoms with van der Waals surface area (Å²) in [5, 5.41) is 3.79. The minimum atomic E-state index is -0.235. The first-order valence-corrected chi connectivity index (χ1v) is 7.79. The summed E-state index contributed by atoms with van der Waals surface area (Å²) < 4.78 is 13.3. The molecule has 0 bridgehead atoms. The second-order valence-corrected chi connectivity index (χ2v) is 6.35. The molecule has 1 aliphatic carbocycles. The fourth-order valence-corrected chi connectivity index (χ4v) is 3.79. The fraction of sp³-hybridized carbons (Fsp3) is 0.688. The van der Waals surface area contributed by atoms with Crippen molar-refractivity contribution in [2.45, 2.75) is 57.2 Å². The van der Waals surface area contributed by atoms with Crippen LogP contribution in [0.5, 0.6) is 0 Å². The van der Waals surface area contributed by atoms with Crippen molar-refractivity contribution in [3.8, 4) is 0 Å². The first-order chi connectivity index (χ1) is 9.71. The van der Waals surface area contributed by atoms with Gasteiger partial charge in [0, 0.05) is 37.4 Å². The number of hydrogen-bond acceptors (Lipinski definition) is 3. The van der Waals surface area contributed by atoms with Crippen LogP contribution in [0.4, 0.5) is 4.39 Å². The van der Waals surface area contributed by atoms with Gasteiger partial charge >= 0.3 is 0 Å². The van der Waals surface area contributed by atoms with E-state index in [-0.39, 0.29) is 5.82 Å².